The van der Waals surface area contributed by atoms with Gasteiger partial charge < -0.3 is 10.1 Å². The van der Waals surface area contributed by atoms with Gasteiger partial charge >= 0.3 is 0 Å². The molecule has 0 aromatic carbocycles. The van der Waals surface area contributed by atoms with Gasteiger partial charge in [-0.2, -0.15) is 0 Å². The van der Waals surface area contributed by atoms with Gasteiger partial charge in [-0.1, -0.05) is 27.7 Å². The third-order valence-electron chi connectivity index (χ3n) is 4.50. The van der Waals surface area contributed by atoms with Crippen molar-refractivity contribution >= 4 is 0 Å². The molecule has 1 N–H and O–H groups in total. The Labute approximate surface area is 101 Å². The zero-order valence-corrected chi connectivity index (χ0v) is 11.5. The fourth-order valence-corrected chi connectivity index (χ4v) is 2.87. The minimum absolute atomic E-state index is 0.350. The average Bonchev–Trinajstić information content (AvgIpc) is 2.85. The Kier molecular flexibility index (Phi) is 5.77. The lowest BCUT2D eigenvalue weighted by Gasteiger charge is -2.38. The topological polar surface area (TPSA) is 21.3 Å². The first-order chi connectivity index (χ1) is 7.71. The molecule has 0 saturated carbocycles. The van der Waals surface area contributed by atoms with E-state index in [0.29, 0.717) is 11.6 Å². The maximum Gasteiger partial charge on any atom is 0.0510 e. The van der Waals surface area contributed by atoms with Gasteiger partial charge in [0.2, 0.25) is 0 Å². The lowest BCUT2D eigenvalue weighted by molar-refractivity contribution is 0.159. The van der Waals surface area contributed by atoms with Gasteiger partial charge in [0.15, 0.2) is 0 Å². The molecule has 2 heteroatoms. The number of hydrogen-bond acceptors (Lipinski definition) is 2. The predicted octanol–water partition coefficient (Wildman–Crippen LogP) is 3.36. The summed E-state index contributed by atoms with van der Waals surface area (Å²) in [7, 11) is 0. The normalized spacial score (nSPS) is 23.6. The van der Waals surface area contributed by atoms with Crippen LogP contribution in [0.15, 0.2) is 0 Å². The minimum atomic E-state index is 0.350. The summed E-state index contributed by atoms with van der Waals surface area (Å²) in [5, 5.41) is 3.93. The second-order valence-corrected chi connectivity index (χ2v) is 5.12. The van der Waals surface area contributed by atoms with Crippen molar-refractivity contribution in [2.45, 2.75) is 71.4 Å². The third-order valence-corrected chi connectivity index (χ3v) is 4.50. The molecule has 2 atom stereocenters. The van der Waals surface area contributed by atoms with Crippen LogP contribution in [0.1, 0.15) is 59.8 Å². The number of nitrogens with one attached hydrogen (secondary N) is 1. The molecular formula is C14H29NO. The van der Waals surface area contributed by atoms with Gasteiger partial charge in [-0.25, -0.2) is 0 Å². The van der Waals surface area contributed by atoms with Gasteiger partial charge in [0.25, 0.3) is 0 Å². The van der Waals surface area contributed by atoms with Crippen LogP contribution in [-0.4, -0.2) is 24.8 Å². The van der Waals surface area contributed by atoms with E-state index in [4.69, 9.17) is 4.74 Å². The molecular weight excluding hydrogens is 198 g/mol. The van der Waals surface area contributed by atoms with Crippen LogP contribution in [0.4, 0.5) is 0 Å². The van der Waals surface area contributed by atoms with Gasteiger partial charge in [-0.05, 0) is 38.0 Å². The van der Waals surface area contributed by atoms with Gasteiger partial charge in [-0.3, -0.25) is 0 Å². The highest BCUT2D eigenvalue weighted by Gasteiger charge is 2.31. The van der Waals surface area contributed by atoms with Crippen molar-refractivity contribution in [1.82, 2.24) is 5.32 Å². The molecule has 2 unspecified atom stereocenters. The number of ether oxygens (including phenoxy) is 1. The molecule has 1 heterocycles. The molecule has 1 aliphatic heterocycles. The Bertz CT molecular complexity index is 175. The van der Waals surface area contributed by atoms with Crippen LogP contribution in [-0.2, 0) is 4.74 Å². The predicted molar refractivity (Wildman–Crippen MR) is 69.7 cm³/mol. The van der Waals surface area contributed by atoms with Crippen molar-refractivity contribution in [1.29, 1.82) is 0 Å². The molecule has 96 valence electrons. The fraction of sp³-hybridized carbons (Fsp3) is 1.00. The second-order valence-electron chi connectivity index (χ2n) is 5.12. The standard InChI is InChI=1S/C14H29NO/c1-5-13(12-9-10-16-11-12)15-14(6-2,7-3)8-4/h12-13,15H,5-11H2,1-4H3. The second kappa shape index (κ2) is 6.61. The van der Waals surface area contributed by atoms with E-state index in [-0.39, 0.29) is 0 Å². The largest absolute Gasteiger partial charge is 0.381 e. The summed E-state index contributed by atoms with van der Waals surface area (Å²) < 4.78 is 5.52. The van der Waals surface area contributed by atoms with Crippen molar-refractivity contribution in [3.05, 3.63) is 0 Å². The fourth-order valence-electron chi connectivity index (χ4n) is 2.87. The Morgan fingerprint density at radius 2 is 1.81 bits per heavy atom. The maximum atomic E-state index is 5.52. The summed E-state index contributed by atoms with van der Waals surface area (Å²) in [6.07, 6.45) is 6.13. The summed E-state index contributed by atoms with van der Waals surface area (Å²) in [5.74, 6) is 0.731. The van der Waals surface area contributed by atoms with Crippen molar-refractivity contribution in [2.24, 2.45) is 5.92 Å². The molecule has 1 fully saturated rings. The van der Waals surface area contributed by atoms with Gasteiger partial charge in [0, 0.05) is 18.2 Å². The molecule has 1 aliphatic rings. The van der Waals surface area contributed by atoms with Crippen molar-refractivity contribution < 1.29 is 4.74 Å². The van der Waals surface area contributed by atoms with Crippen LogP contribution in [0.5, 0.6) is 0 Å². The smallest absolute Gasteiger partial charge is 0.0510 e. The highest BCUT2D eigenvalue weighted by molar-refractivity contribution is 4.90. The van der Waals surface area contributed by atoms with Crippen LogP contribution in [0.25, 0.3) is 0 Å². The van der Waals surface area contributed by atoms with Crippen LogP contribution < -0.4 is 5.32 Å². The summed E-state index contributed by atoms with van der Waals surface area (Å²) in [5.41, 5.74) is 0.350. The Morgan fingerprint density at radius 3 is 2.19 bits per heavy atom. The molecule has 0 aromatic rings. The highest BCUT2D eigenvalue weighted by Crippen LogP contribution is 2.25. The van der Waals surface area contributed by atoms with Crippen LogP contribution in [0.2, 0.25) is 0 Å². The van der Waals surface area contributed by atoms with E-state index in [9.17, 15) is 0 Å². The molecule has 0 aromatic heterocycles. The van der Waals surface area contributed by atoms with Crippen LogP contribution in [0.3, 0.4) is 0 Å². The number of rotatable bonds is 7. The van der Waals surface area contributed by atoms with Crippen LogP contribution in [0, 0.1) is 5.92 Å². The lowest BCUT2D eigenvalue weighted by atomic mass is 9.86. The Hall–Kier alpha value is -0.0800. The van der Waals surface area contributed by atoms with E-state index < -0.39 is 0 Å². The quantitative estimate of drug-likeness (QED) is 0.720. The zero-order chi connectivity index (χ0) is 12.0. The highest BCUT2D eigenvalue weighted by atomic mass is 16.5. The molecule has 0 aliphatic carbocycles. The maximum absolute atomic E-state index is 5.52. The average molecular weight is 227 g/mol. The zero-order valence-electron chi connectivity index (χ0n) is 11.5. The molecule has 2 nitrogen and oxygen atoms in total. The minimum Gasteiger partial charge on any atom is -0.381 e. The van der Waals surface area contributed by atoms with Gasteiger partial charge in [0.05, 0.1) is 6.61 Å². The SMILES string of the molecule is CCC(NC(CC)(CC)CC)C1CCOC1. The van der Waals surface area contributed by atoms with E-state index >= 15 is 0 Å². The first kappa shape index (κ1) is 14.0. The molecule has 0 radical (unpaired) electrons. The van der Waals surface area contributed by atoms with E-state index in [1.54, 1.807) is 0 Å². The molecule has 16 heavy (non-hydrogen) atoms. The first-order valence-corrected chi connectivity index (χ1v) is 7.06. The molecule has 1 rings (SSSR count). The molecule has 0 spiro atoms. The van der Waals surface area contributed by atoms with Gasteiger partial charge in [-0.15, -0.1) is 0 Å². The van der Waals surface area contributed by atoms with Crippen molar-refractivity contribution in [3.63, 3.8) is 0 Å². The summed E-state index contributed by atoms with van der Waals surface area (Å²) in [6, 6.07) is 0.641. The van der Waals surface area contributed by atoms with E-state index in [1.165, 1.54) is 32.1 Å². The summed E-state index contributed by atoms with van der Waals surface area (Å²) in [6.45, 7) is 11.1. The first-order valence-electron chi connectivity index (χ1n) is 7.06. The van der Waals surface area contributed by atoms with Crippen molar-refractivity contribution in [3.8, 4) is 0 Å². The molecule has 0 bridgehead atoms. The Balaban J connectivity index is 2.58. The van der Waals surface area contributed by atoms with E-state index in [1.807, 2.05) is 0 Å². The Morgan fingerprint density at radius 1 is 1.19 bits per heavy atom. The van der Waals surface area contributed by atoms with E-state index in [2.05, 4.69) is 33.0 Å². The third kappa shape index (κ3) is 3.21. The molecule has 0 amide bonds. The van der Waals surface area contributed by atoms with Crippen molar-refractivity contribution in [2.75, 3.05) is 13.2 Å². The monoisotopic (exact) mass is 227 g/mol. The van der Waals surface area contributed by atoms with Crippen LogP contribution >= 0.6 is 0 Å². The summed E-state index contributed by atoms with van der Waals surface area (Å²) >= 11 is 0. The van der Waals surface area contributed by atoms with E-state index in [0.717, 1.165) is 19.1 Å². The molecule has 1 saturated heterocycles. The van der Waals surface area contributed by atoms with Gasteiger partial charge in [0.1, 0.15) is 0 Å². The number of hydrogen-bond donors (Lipinski definition) is 1. The lowest BCUT2D eigenvalue weighted by Crippen LogP contribution is -2.51. The summed E-state index contributed by atoms with van der Waals surface area (Å²) in [4.78, 5) is 0.